The lowest BCUT2D eigenvalue weighted by Gasteiger charge is -2.17. The number of aromatic nitrogens is 2. The highest BCUT2D eigenvalue weighted by molar-refractivity contribution is 8.00. The highest BCUT2D eigenvalue weighted by Crippen LogP contribution is 2.30. The minimum absolute atomic E-state index is 0.0722. The van der Waals surface area contributed by atoms with Crippen LogP contribution in [0.3, 0.4) is 0 Å². The Bertz CT molecular complexity index is 1060. The Hall–Kier alpha value is -2.65. The number of nitrogens with zero attached hydrogens (tertiary/aromatic N) is 2. The molecule has 1 aromatic heterocycles. The van der Waals surface area contributed by atoms with E-state index in [1.807, 2.05) is 0 Å². The van der Waals surface area contributed by atoms with E-state index < -0.39 is 5.97 Å². The van der Waals surface area contributed by atoms with Gasteiger partial charge in [-0.25, -0.2) is 9.59 Å². The van der Waals surface area contributed by atoms with Crippen molar-refractivity contribution in [3.8, 4) is 0 Å². The van der Waals surface area contributed by atoms with Gasteiger partial charge in [0.15, 0.2) is 0 Å². The van der Waals surface area contributed by atoms with Gasteiger partial charge in [0.05, 0.1) is 36.3 Å². The van der Waals surface area contributed by atoms with Crippen molar-refractivity contribution in [2.45, 2.75) is 56.7 Å². The second-order valence-electron chi connectivity index (χ2n) is 7.83. The standard InChI is InChI=1S/C23H27N3O5S/c1-2-30-22(28)16-8-3-4-10-18(16)24-20(27)14-32-21-17-9-5-11-19(17)26(23(29)25-21)13-15-7-6-12-31-15/h3-4,8,10,15H,2,5-7,9,11-14H2,1H3,(H,24,27). The Labute approximate surface area is 190 Å². The zero-order chi connectivity index (χ0) is 22.5. The Balaban J connectivity index is 1.45. The van der Waals surface area contributed by atoms with E-state index >= 15 is 0 Å². The van der Waals surface area contributed by atoms with Gasteiger partial charge < -0.3 is 14.8 Å². The fourth-order valence-electron chi connectivity index (χ4n) is 4.18. The molecule has 2 heterocycles. The van der Waals surface area contributed by atoms with Crippen LogP contribution in [0.25, 0.3) is 0 Å². The van der Waals surface area contributed by atoms with Gasteiger partial charge in [-0.3, -0.25) is 9.36 Å². The summed E-state index contributed by atoms with van der Waals surface area (Å²) in [5, 5.41) is 3.40. The van der Waals surface area contributed by atoms with Gasteiger partial charge in [0.25, 0.3) is 0 Å². The fourth-order valence-corrected chi connectivity index (χ4v) is 5.06. The normalized spacial score (nSPS) is 17.2. The molecule has 2 aromatic rings. The third-order valence-electron chi connectivity index (χ3n) is 5.65. The lowest BCUT2D eigenvalue weighted by Crippen LogP contribution is -2.31. The van der Waals surface area contributed by atoms with Crippen LogP contribution in [0.1, 0.15) is 47.8 Å². The quantitative estimate of drug-likeness (QED) is 0.370. The Kier molecular flexibility index (Phi) is 7.26. The van der Waals surface area contributed by atoms with Crippen LogP contribution in [0.2, 0.25) is 0 Å². The van der Waals surface area contributed by atoms with Crippen molar-refractivity contribution in [3.63, 3.8) is 0 Å². The maximum atomic E-state index is 12.7. The molecular weight excluding hydrogens is 430 g/mol. The molecule has 1 aliphatic heterocycles. The van der Waals surface area contributed by atoms with E-state index in [9.17, 15) is 14.4 Å². The SMILES string of the molecule is CCOC(=O)c1ccccc1NC(=O)CSc1nc(=O)n(CC2CCCO2)c2c1CCC2. The zero-order valence-corrected chi connectivity index (χ0v) is 18.9. The lowest BCUT2D eigenvalue weighted by atomic mass is 10.2. The second-order valence-corrected chi connectivity index (χ2v) is 8.79. The van der Waals surface area contributed by atoms with Crippen LogP contribution in [0.4, 0.5) is 5.69 Å². The number of carbonyl (C=O) groups excluding carboxylic acids is 2. The van der Waals surface area contributed by atoms with Gasteiger partial charge in [0.1, 0.15) is 5.03 Å². The van der Waals surface area contributed by atoms with Crippen LogP contribution < -0.4 is 11.0 Å². The second kappa shape index (κ2) is 10.3. The van der Waals surface area contributed by atoms with E-state index in [0.29, 0.717) is 22.8 Å². The van der Waals surface area contributed by atoms with E-state index in [2.05, 4.69) is 10.3 Å². The Morgan fingerprint density at radius 1 is 1.28 bits per heavy atom. The number of ether oxygens (including phenoxy) is 2. The third-order valence-corrected chi connectivity index (χ3v) is 6.67. The predicted molar refractivity (Wildman–Crippen MR) is 121 cm³/mol. The van der Waals surface area contributed by atoms with E-state index in [1.54, 1.807) is 35.8 Å². The van der Waals surface area contributed by atoms with Crippen LogP contribution in [0, 0.1) is 0 Å². The molecule has 1 amide bonds. The number of para-hydroxylation sites is 1. The largest absolute Gasteiger partial charge is 0.462 e. The summed E-state index contributed by atoms with van der Waals surface area (Å²) in [6.45, 7) is 3.28. The van der Waals surface area contributed by atoms with Crippen molar-refractivity contribution < 1.29 is 19.1 Å². The number of esters is 1. The molecule has 1 saturated heterocycles. The van der Waals surface area contributed by atoms with Crippen LogP contribution in [0.5, 0.6) is 0 Å². The smallest absolute Gasteiger partial charge is 0.348 e. The van der Waals surface area contributed by atoms with Crippen LogP contribution >= 0.6 is 11.8 Å². The van der Waals surface area contributed by atoms with Crippen molar-refractivity contribution in [1.82, 2.24) is 9.55 Å². The number of benzene rings is 1. The number of anilines is 1. The summed E-state index contributed by atoms with van der Waals surface area (Å²) in [4.78, 5) is 41.7. The van der Waals surface area contributed by atoms with Gasteiger partial charge in [-0.2, -0.15) is 4.98 Å². The maximum Gasteiger partial charge on any atom is 0.348 e. The summed E-state index contributed by atoms with van der Waals surface area (Å²) in [6, 6.07) is 6.74. The Morgan fingerprint density at radius 2 is 2.12 bits per heavy atom. The maximum absolute atomic E-state index is 12.7. The first-order valence-electron chi connectivity index (χ1n) is 11.0. The summed E-state index contributed by atoms with van der Waals surface area (Å²) in [7, 11) is 0. The van der Waals surface area contributed by atoms with Crippen molar-refractivity contribution in [1.29, 1.82) is 0 Å². The van der Waals surface area contributed by atoms with Crippen molar-refractivity contribution in [3.05, 3.63) is 51.6 Å². The molecule has 0 radical (unpaired) electrons. The number of nitrogens with one attached hydrogen (secondary N) is 1. The van der Waals surface area contributed by atoms with E-state index in [-0.39, 0.29) is 30.1 Å². The molecule has 32 heavy (non-hydrogen) atoms. The van der Waals surface area contributed by atoms with Gasteiger partial charge in [-0.1, -0.05) is 23.9 Å². The van der Waals surface area contributed by atoms with Crippen LogP contribution in [0.15, 0.2) is 34.1 Å². The summed E-state index contributed by atoms with van der Waals surface area (Å²) in [5.74, 6) is -0.666. The monoisotopic (exact) mass is 457 g/mol. The molecule has 9 heteroatoms. The summed E-state index contributed by atoms with van der Waals surface area (Å²) in [6.07, 6.45) is 4.72. The minimum Gasteiger partial charge on any atom is -0.462 e. The molecule has 1 aliphatic carbocycles. The first-order valence-corrected chi connectivity index (χ1v) is 12.0. The number of amides is 1. The van der Waals surface area contributed by atoms with Gasteiger partial charge in [0, 0.05) is 17.9 Å². The molecule has 1 N–H and O–H groups in total. The molecule has 1 unspecified atom stereocenters. The molecule has 170 valence electrons. The molecular formula is C23H27N3O5S. The fraction of sp³-hybridized carbons (Fsp3) is 0.478. The van der Waals surface area contributed by atoms with Gasteiger partial charge in [-0.05, 0) is 51.2 Å². The number of hydrogen-bond acceptors (Lipinski definition) is 7. The van der Waals surface area contributed by atoms with Crippen LogP contribution in [-0.4, -0.2) is 46.5 Å². The molecule has 0 bridgehead atoms. The van der Waals surface area contributed by atoms with Gasteiger partial charge >= 0.3 is 11.7 Å². The van der Waals surface area contributed by atoms with Crippen molar-refractivity contribution in [2.75, 3.05) is 24.3 Å². The molecule has 0 spiro atoms. The average Bonchev–Trinajstić information content (AvgIpc) is 3.47. The van der Waals surface area contributed by atoms with E-state index in [4.69, 9.17) is 9.47 Å². The molecule has 1 aromatic carbocycles. The first-order chi connectivity index (χ1) is 15.6. The number of carbonyl (C=O) groups is 2. The molecule has 4 rings (SSSR count). The molecule has 8 nitrogen and oxygen atoms in total. The van der Waals surface area contributed by atoms with Crippen LogP contribution in [-0.2, 0) is 33.7 Å². The van der Waals surface area contributed by atoms with Gasteiger partial charge in [-0.15, -0.1) is 0 Å². The molecule has 1 atom stereocenters. The lowest BCUT2D eigenvalue weighted by molar-refractivity contribution is -0.113. The predicted octanol–water partition coefficient (Wildman–Crippen LogP) is 2.82. The third kappa shape index (κ3) is 5.05. The van der Waals surface area contributed by atoms with E-state index in [0.717, 1.165) is 50.0 Å². The van der Waals surface area contributed by atoms with Gasteiger partial charge in [0.2, 0.25) is 5.91 Å². The topological polar surface area (TPSA) is 99.5 Å². The highest BCUT2D eigenvalue weighted by atomic mass is 32.2. The molecule has 1 fully saturated rings. The molecule has 2 aliphatic rings. The zero-order valence-electron chi connectivity index (χ0n) is 18.1. The highest BCUT2D eigenvalue weighted by Gasteiger charge is 2.25. The van der Waals surface area contributed by atoms with Crippen molar-refractivity contribution in [2.24, 2.45) is 0 Å². The Morgan fingerprint density at radius 3 is 2.91 bits per heavy atom. The minimum atomic E-state index is -0.481. The summed E-state index contributed by atoms with van der Waals surface area (Å²) < 4.78 is 12.5. The summed E-state index contributed by atoms with van der Waals surface area (Å²) >= 11 is 1.26. The number of fused-ring (bicyclic) bond motifs is 1. The number of rotatable bonds is 8. The van der Waals surface area contributed by atoms with E-state index in [1.165, 1.54) is 11.8 Å². The first kappa shape index (κ1) is 22.5. The number of hydrogen-bond donors (Lipinski definition) is 1. The average molecular weight is 458 g/mol. The van der Waals surface area contributed by atoms with Crippen molar-refractivity contribution >= 4 is 29.3 Å². The number of thioether (sulfide) groups is 1. The molecule has 0 saturated carbocycles. The summed E-state index contributed by atoms with van der Waals surface area (Å²) in [5.41, 5.74) is 2.52.